The first-order chi connectivity index (χ1) is 9.56. The lowest BCUT2D eigenvalue weighted by atomic mass is 9.70. The standard InChI is InChI=1S/C15H26O2.C2H4O2/c1-6-10(2)13(16)17-12-9-11-7-8-15(12,5)14(11,3)4;1-2(3)4/h10-12H,6-9H2,1-5H3;1H3,(H,3,4)/t10?,11-,12+,15-;/m1./s1. The summed E-state index contributed by atoms with van der Waals surface area (Å²) < 4.78 is 5.80. The van der Waals surface area contributed by atoms with E-state index in [-0.39, 0.29) is 23.4 Å². The molecule has 2 bridgehead atoms. The van der Waals surface area contributed by atoms with Gasteiger partial charge in [0.2, 0.25) is 0 Å². The van der Waals surface area contributed by atoms with Crippen molar-refractivity contribution in [3.63, 3.8) is 0 Å². The molecule has 2 fully saturated rings. The third kappa shape index (κ3) is 3.41. The highest BCUT2D eigenvalue weighted by atomic mass is 16.5. The number of carboxylic acids is 1. The van der Waals surface area contributed by atoms with Crippen molar-refractivity contribution < 1.29 is 19.4 Å². The smallest absolute Gasteiger partial charge is 0.308 e. The van der Waals surface area contributed by atoms with Gasteiger partial charge in [0, 0.05) is 12.3 Å². The van der Waals surface area contributed by atoms with Gasteiger partial charge < -0.3 is 9.84 Å². The fraction of sp³-hybridized carbons (Fsp3) is 0.882. The van der Waals surface area contributed by atoms with Crippen LogP contribution in [0.5, 0.6) is 0 Å². The summed E-state index contributed by atoms with van der Waals surface area (Å²) in [6.07, 6.45) is 4.61. The fourth-order valence-electron chi connectivity index (χ4n) is 3.73. The molecule has 4 atom stereocenters. The second-order valence-electron chi connectivity index (χ2n) is 7.36. The monoisotopic (exact) mass is 298 g/mol. The third-order valence-corrected chi connectivity index (χ3v) is 5.99. The maximum Gasteiger partial charge on any atom is 0.308 e. The zero-order valence-electron chi connectivity index (χ0n) is 14.2. The van der Waals surface area contributed by atoms with Gasteiger partial charge in [-0.15, -0.1) is 0 Å². The number of ether oxygens (including phenoxy) is 1. The largest absolute Gasteiger partial charge is 0.481 e. The second kappa shape index (κ2) is 6.37. The molecule has 0 radical (unpaired) electrons. The summed E-state index contributed by atoms with van der Waals surface area (Å²) in [7, 11) is 0. The molecule has 0 aliphatic heterocycles. The average molecular weight is 298 g/mol. The minimum absolute atomic E-state index is 0.00192. The van der Waals surface area contributed by atoms with Crippen LogP contribution in [0.1, 0.15) is 67.2 Å². The molecular formula is C17H30O4. The van der Waals surface area contributed by atoms with Crippen molar-refractivity contribution in [1.82, 2.24) is 0 Å². The lowest BCUT2D eigenvalue weighted by molar-refractivity contribution is -0.161. The lowest BCUT2D eigenvalue weighted by Gasteiger charge is -2.38. The molecule has 2 rings (SSSR count). The van der Waals surface area contributed by atoms with Gasteiger partial charge in [0.15, 0.2) is 0 Å². The number of carbonyl (C=O) groups excluding carboxylic acids is 1. The van der Waals surface area contributed by atoms with Gasteiger partial charge in [-0.25, -0.2) is 0 Å². The topological polar surface area (TPSA) is 63.6 Å². The molecule has 1 unspecified atom stereocenters. The Hall–Kier alpha value is -1.06. The number of aliphatic carboxylic acids is 1. The number of carbonyl (C=O) groups is 2. The van der Waals surface area contributed by atoms with E-state index in [1.54, 1.807) is 0 Å². The van der Waals surface area contributed by atoms with E-state index in [1.165, 1.54) is 12.8 Å². The summed E-state index contributed by atoms with van der Waals surface area (Å²) in [5.74, 6) is -0.0508. The summed E-state index contributed by atoms with van der Waals surface area (Å²) in [6.45, 7) is 12.1. The summed E-state index contributed by atoms with van der Waals surface area (Å²) in [5.41, 5.74) is 0.522. The number of hydrogen-bond acceptors (Lipinski definition) is 3. The average Bonchev–Trinajstić information content (AvgIpc) is 2.70. The zero-order valence-corrected chi connectivity index (χ0v) is 14.2. The molecule has 0 aromatic carbocycles. The SMILES string of the molecule is CC(=O)O.CCC(C)C(=O)O[C@H]1C[C@H]2CC[C@@]1(C)C2(C)C. The van der Waals surface area contributed by atoms with E-state index >= 15 is 0 Å². The Morgan fingerprint density at radius 3 is 2.19 bits per heavy atom. The van der Waals surface area contributed by atoms with Crippen molar-refractivity contribution in [2.45, 2.75) is 73.3 Å². The molecule has 0 heterocycles. The summed E-state index contributed by atoms with van der Waals surface area (Å²) >= 11 is 0. The molecular weight excluding hydrogens is 268 g/mol. The van der Waals surface area contributed by atoms with Crippen LogP contribution in [0.15, 0.2) is 0 Å². The van der Waals surface area contributed by atoms with Crippen LogP contribution in [-0.2, 0) is 14.3 Å². The quantitative estimate of drug-likeness (QED) is 0.803. The normalized spacial score (nSPS) is 33.8. The molecule has 1 N–H and O–H groups in total. The molecule has 0 saturated heterocycles. The van der Waals surface area contributed by atoms with Gasteiger partial charge in [-0.05, 0) is 37.0 Å². The molecule has 4 heteroatoms. The minimum Gasteiger partial charge on any atom is -0.481 e. The second-order valence-corrected chi connectivity index (χ2v) is 7.36. The van der Waals surface area contributed by atoms with E-state index in [9.17, 15) is 4.79 Å². The van der Waals surface area contributed by atoms with Crippen LogP contribution >= 0.6 is 0 Å². The van der Waals surface area contributed by atoms with Crippen LogP contribution in [0.3, 0.4) is 0 Å². The van der Waals surface area contributed by atoms with Crippen LogP contribution < -0.4 is 0 Å². The Balaban J connectivity index is 0.000000491. The first-order valence-corrected chi connectivity index (χ1v) is 7.96. The minimum atomic E-state index is -0.833. The predicted octanol–water partition coefficient (Wildman–Crippen LogP) is 3.88. The van der Waals surface area contributed by atoms with Crippen LogP contribution in [-0.4, -0.2) is 23.1 Å². The van der Waals surface area contributed by atoms with E-state index in [0.717, 1.165) is 25.7 Å². The molecule has 0 aromatic rings. The van der Waals surface area contributed by atoms with Gasteiger partial charge in [0.25, 0.3) is 5.97 Å². The van der Waals surface area contributed by atoms with Crippen molar-refractivity contribution in [3.05, 3.63) is 0 Å². The Morgan fingerprint density at radius 2 is 1.86 bits per heavy atom. The van der Waals surface area contributed by atoms with E-state index < -0.39 is 5.97 Å². The van der Waals surface area contributed by atoms with Crippen LogP contribution in [0.2, 0.25) is 0 Å². The predicted molar refractivity (Wildman–Crippen MR) is 81.9 cm³/mol. The van der Waals surface area contributed by atoms with E-state index in [1.807, 2.05) is 13.8 Å². The number of carboxylic acid groups (broad SMARTS) is 1. The molecule has 2 aliphatic rings. The van der Waals surface area contributed by atoms with Gasteiger partial charge in [-0.1, -0.05) is 34.6 Å². The molecule has 122 valence electrons. The van der Waals surface area contributed by atoms with Gasteiger partial charge in [-0.2, -0.15) is 0 Å². The molecule has 0 amide bonds. The number of fused-ring (bicyclic) bond motifs is 2. The van der Waals surface area contributed by atoms with E-state index in [0.29, 0.717) is 5.41 Å². The van der Waals surface area contributed by atoms with Crippen LogP contribution in [0, 0.1) is 22.7 Å². The van der Waals surface area contributed by atoms with Crippen molar-refractivity contribution in [1.29, 1.82) is 0 Å². The van der Waals surface area contributed by atoms with Gasteiger partial charge in [0.1, 0.15) is 6.10 Å². The maximum atomic E-state index is 11.9. The highest BCUT2D eigenvalue weighted by Crippen LogP contribution is 2.66. The molecule has 4 nitrogen and oxygen atoms in total. The molecule has 0 aromatic heterocycles. The highest BCUT2D eigenvalue weighted by Gasteiger charge is 2.62. The zero-order chi connectivity index (χ0) is 16.4. The summed E-state index contributed by atoms with van der Waals surface area (Å²) in [6, 6.07) is 0. The third-order valence-electron chi connectivity index (χ3n) is 5.99. The number of hydrogen-bond donors (Lipinski definition) is 1. The fourth-order valence-corrected chi connectivity index (χ4v) is 3.73. The van der Waals surface area contributed by atoms with Crippen molar-refractivity contribution in [2.24, 2.45) is 22.7 Å². The Kier molecular flexibility index (Phi) is 5.46. The van der Waals surface area contributed by atoms with Crippen molar-refractivity contribution >= 4 is 11.9 Å². The molecule has 2 saturated carbocycles. The van der Waals surface area contributed by atoms with Gasteiger partial charge in [0.05, 0.1) is 5.92 Å². The van der Waals surface area contributed by atoms with Crippen LogP contribution in [0.4, 0.5) is 0 Å². The summed E-state index contributed by atoms with van der Waals surface area (Å²) in [4.78, 5) is 20.9. The van der Waals surface area contributed by atoms with Crippen molar-refractivity contribution in [2.75, 3.05) is 0 Å². The summed E-state index contributed by atoms with van der Waals surface area (Å²) in [5, 5.41) is 7.42. The highest BCUT2D eigenvalue weighted by molar-refractivity contribution is 5.72. The Bertz CT molecular complexity index is 398. The number of rotatable bonds is 3. The van der Waals surface area contributed by atoms with E-state index in [4.69, 9.17) is 14.6 Å². The van der Waals surface area contributed by atoms with E-state index in [2.05, 4.69) is 20.8 Å². The van der Waals surface area contributed by atoms with Crippen molar-refractivity contribution in [3.8, 4) is 0 Å². The Labute approximate surface area is 128 Å². The lowest BCUT2D eigenvalue weighted by Crippen LogP contribution is -2.39. The van der Waals surface area contributed by atoms with Crippen LogP contribution in [0.25, 0.3) is 0 Å². The maximum absolute atomic E-state index is 11.9. The van der Waals surface area contributed by atoms with Gasteiger partial charge in [-0.3, -0.25) is 9.59 Å². The molecule has 21 heavy (non-hydrogen) atoms. The first kappa shape index (κ1) is 18.0. The first-order valence-electron chi connectivity index (χ1n) is 7.96. The Morgan fingerprint density at radius 1 is 1.33 bits per heavy atom. The molecule has 2 aliphatic carbocycles. The van der Waals surface area contributed by atoms with Gasteiger partial charge >= 0.3 is 5.97 Å². The molecule has 0 spiro atoms. The number of esters is 1.